The Kier molecular flexibility index (Phi) is 5.52. The largest absolute Gasteiger partial charge is 0.496 e. The second-order valence-electron chi connectivity index (χ2n) is 4.42. The fourth-order valence-corrected chi connectivity index (χ4v) is 2.73. The van der Waals surface area contributed by atoms with Crippen molar-refractivity contribution in [2.75, 3.05) is 13.7 Å². The average molecular weight is 359 g/mol. The van der Waals surface area contributed by atoms with Crippen LogP contribution in [0.15, 0.2) is 39.2 Å². The summed E-state index contributed by atoms with van der Waals surface area (Å²) >= 11 is 9.39. The minimum absolute atomic E-state index is 0.0235. The summed E-state index contributed by atoms with van der Waals surface area (Å²) in [5.74, 6) is 1.61. The van der Waals surface area contributed by atoms with E-state index >= 15 is 0 Å². The van der Waals surface area contributed by atoms with Crippen molar-refractivity contribution in [3.63, 3.8) is 0 Å². The summed E-state index contributed by atoms with van der Waals surface area (Å²) in [6.45, 7) is 3.02. The molecule has 2 aromatic rings. The minimum Gasteiger partial charge on any atom is -0.496 e. The fraction of sp³-hybridized carbons (Fsp3) is 0.333. The third kappa shape index (κ3) is 3.57. The number of ether oxygens (including phenoxy) is 1. The lowest BCUT2D eigenvalue weighted by molar-refractivity contribution is 0.411. The van der Waals surface area contributed by atoms with Crippen molar-refractivity contribution in [2.45, 2.75) is 19.4 Å². The van der Waals surface area contributed by atoms with Gasteiger partial charge in [-0.2, -0.15) is 0 Å². The number of benzene rings is 1. The maximum Gasteiger partial charge on any atom is 0.193 e. The summed E-state index contributed by atoms with van der Waals surface area (Å²) < 4.78 is 11.7. The Hall–Kier alpha value is -0.970. The molecule has 0 bridgehead atoms. The molecule has 0 spiro atoms. The zero-order valence-corrected chi connectivity index (χ0v) is 13.8. The monoisotopic (exact) mass is 357 g/mol. The molecular formula is C15H17BrClNO2. The van der Waals surface area contributed by atoms with Crippen LogP contribution in [0.4, 0.5) is 0 Å². The smallest absolute Gasteiger partial charge is 0.193 e. The van der Waals surface area contributed by atoms with Gasteiger partial charge < -0.3 is 14.5 Å². The maximum atomic E-state index is 5.88. The average Bonchev–Trinajstić information content (AvgIpc) is 2.86. The lowest BCUT2D eigenvalue weighted by Gasteiger charge is -2.17. The SMILES string of the molecule is CCCNC(c1ccc(OC)c(Br)c1)c1ccc(Cl)o1. The second kappa shape index (κ2) is 7.16. The third-order valence-electron chi connectivity index (χ3n) is 2.99. The molecule has 1 aromatic heterocycles. The number of hydrogen-bond donors (Lipinski definition) is 1. The van der Waals surface area contributed by atoms with E-state index in [-0.39, 0.29) is 6.04 Å². The van der Waals surface area contributed by atoms with Crippen molar-refractivity contribution >= 4 is 27.5 Å². The van der Waals surface area contributed by atoms with Gasteiger partial charge in [-0.15, -0.1) is 0 Å². The van der Waals surface area contributed by atoms with E-state index in [1.165, 1.54) is 0 Å². The molecular weight excluding hydrogens is 342 g/mol. The van der Waals surface area contributed by atoms with Gasteiger partial charge in [0, 0.05) is 0 Å². The van der Waals surface area contributed by atoms with Gasteiger partial charge in [-0.05, 0) is 70.3 Å². The molecule has 0 aliphatic heterocycles. The van der Waals surface area contributed by atoms with Gasteiger partial charge in [0.25, 0.3) is 0 Å². The molecule has 2 rings (SSSR count). The van der Waals surface area contributed by atoms with Gasteiger partial charge in [-0.25, -0.2) is 0 Å². The predicted molar refractivity (Wildman–Crippen MR) is 84.5 cm³/mol. The van der Waals surface area contributed by atoms with Crippen molar-refractivity contribution < 1.29 is 9.15 Å². The van der Waals surface area contributed by atoms with Gasteiger partial charge in [0.05, 0.1) is 17.6 Å². The van der Waals surface area contributed by atoms with Crippen molar-refractivity contribution in [3.8, 4) is 5.75 Å². The van der Waals surface area contributed by atoms with Crippen LogP contribution in [0.1, 0.15) is 30.7 Å². The molecule has 1 aromatic carbocycles. The molecule has 1 N–H and O–H groups in total. The molecule has 1 atom stereocenters. The Morgan fingerprint density at radius 1 is 1.35 bits per heavy atom. The molecule has 3 nitrogen and oxygen atoms in total. The second-order valence-corrected chi connectivity index (χ2v) is 5.65. The Balaban J connectivity index is 2.33. The number of methoxy groups -OCH3 is 1. The molecule has 108 valence electrons. The third-order valence-corrected chi connectivity index (χ3v) is 3.81. The number of rotatable bonds is 6. The van der Waals surface area contributed by atoms with Gasteiger partial charge >= 0.3 is 0 Å². The molecule has 0 aliphatic rings. The molecule has 0 aliphatic carbocycles. The molecule has 1 unspecified atom stereocenters. The fourth-order valence-electron chi connectivity index (χ4n) is 2.02. The van der Waals surface area contributed by atoms with E-state index in [0.29, 0.717) is 5.22 Å². The van der Waals surface area contributed by atoms with Gasteiger partial charge in [0.2, 0.25) is 0 Å². The zero-order chi connectivity index (χ0) is 14.5. The van der Waals surface area contributed by atoms with E-state index < -0.39 is 0 Å². The van der Waals surface area contributed by atoms with Crippen molar-refractivity contribution in [1.29, 1.82) is 0 Å². The van der Waals surface area contributed by atoms with E-state index in [1.807, 2.05) is 24.3 Å². The van der Waals surface area contributed by atoms with Crippen LogP contribution in [0.3, 0.4) is 0 Å². The van der Waals surface area contributed by atoms with E-state index in [1.54, 1.807) is 13.2 Å². The highest BCUT2D eigenvalue weighted by atomic mass is 79.9. The minimum atomic E-state index is -0.0235. The maximum absolute atomic E-state index is 5.88. The van der Waals surface area contributed by atoms with Crippen molar-refractivity contribution in [2.24, 2.45) is 0 Å². The van der Waals surface area contributed by atoms with Gasteiger partial charge in [0.1, 0.15) is 11.5 Å². The first-order valence-corrected chi connectivity index (χ1v) is 7.64. The summed E-state index contributed by atoms with van der Waals surface area (Å²) in [5.41, 5.74) is 1.09. The molecule has 0 fully saturated rings. The van der Waals surface area contributed by atoms with Crippen LogP contribution >= 0.6 is 27.5 Å². The standard InChI is InChI=1S/C15H17BrClNO2/c1-3-8-18-15(13-6-7-14(17)20-13)10-4-5-12(19-2)11(16)9-10/h4-7,9,15,18H,3,8H2,1-2H3. The van der Waals surface area contributed by atoms with Gasteiger partial charge in [-0.1, -0.05) is 13.0 Å². The zero-order valence-electron chi connectivity index (χ0n) is 11.5. The summed E-state index contributed by atoms with van der Waals surface area (Å²) in [4.78, 5) is 0. The summed E-state index contributed by atoms with van der Waals surface area (Å²) in [5, 5.41) is 3.86. The van der Waals surface area contributed by atoms with E-state index in [4.69, 9.17) is 20.8 Å². The highest BCUT2D eigenvalue weighted by Gasteiger charge is 2.18. The first-order chi connectivity index (χ1) is 9.65. The molecule has 0 amide bonds. The van der Waals surface area contributed by atoms with Crippen LogP contribution in [0.5, 0.6) is 5.75 Å². The first kappa shape index (κ1) is 15.4. The highest BCUT2D eigenvalue weighted by Crippen LogP contribution is 2.31. The van der Waals surface area contributed by atoms with Crippen LogP contribution in [-0.2, 0) is 0 Å². The van der Waals surface area contributed by atoms with Crippen molar-refractivity contribution in [3.05, 3.63) is 51.3 Å². The predicted octanol–water partition coefficient (Wildman–Crippen LogP) is 4.79. The quantitative estimate of drug-likeness (QED) is 0.806. The van der Waals surface area contributed by atoms with Crippen molar-refractivity contribution in [1.82, 2.24) is 5.32 Å². The molecule has 0 saturated heterocycles. The molecule has 0 saturated carbocycles. The lowest BCUT2D eigenvalue weighted by atomic mass is 10.0. The van der Waals surface area contributed by atoms with Crippen LogP contribution in [-0.4, -0.2) is 13.7 Å². The van der Waals surface area contributed by atoms with Crippen LogP contribution < -0.4 is 10.1 Å². The van der Waals surface area contributed by atoms with Gasteiger partial charge in [0.15, 0.2) is 5.22 Å². The Morgan fingerprint density at radius 2 is 2.15 bits per heavy atom. The Bertz CT molecular complexity index is 571. The van der Waals surface area contributed by atoms with Crippen LogP contribution in [0, 0.1) is 0 Å². The Morgan fingerprint density at radius 3 is 2.70 bits per heavy atom. The topological polar surface area (TPSA) is 34.4 Å². The van der Waals surface area contributed by atoms with E-state index in [2.05, 4.69) is 28.2 Å². The highest BCUT2D eigenvalue weighted by molar-refractivity contribution is 9.10. The summed E-state index contributed by atoms with van der Waals surface area (Å²) in [7, 11) is 1.65. The van der Waals surface area contributed by atoms with Gasteiger partial charge in [-0.3, -0.25) is 0 Å². The molecule has 20 heavy (non-hydrogen) atoms. The first-order valence-electron chi connectivity index (χ1n) is 6.47. The normalized spacial score (nSPS) is 12.4. The number of furan rings is 1. The number of halogens is 2. The molecule has 5 heteroatoms. The summed E-state index contributed by atoms with van der Waals surface area (Å²) in [6, 6.07) is 9.62. The molecule has 0 radical (unpaired) electrons. The number of hydrogen-bond acceptors (Lipinski definition) is 3. The van der Waals surface area contributed by atoms with Crippen LogP contribution in [0.25, 0.3) is 0 Å². The van der Waals surface area contributed by atoms with E-state index in [0.717, 1.165) is 34.5 Å². The molecule has 1 heterocycles. The lowest BCUT2D eigenvalue weighted by Crippen LogP contribution is -2.22. The van der Waals surface area contributed by atoms with Crippen LogP contribution in [0.2, 0.25) is 5.22 Å². The summed E-state index contributed by atoms with van der Waals surface area (Å²) in [6.07, 6.45) is 1.04. The number of nitrogens with one attached hydrogen (secondary N) is 1. The van der Waals surface area contributed by atoms with E-state index in [9.17, 15) is 0 Å². The Labute approximate surface area is 132 Å².